The Labute approximate surface area is 115 Å². The van der Waals surface area contributed by atoms with E-state index >= 15 is 0 Å². The molecule has 0 saturated carbocycles. The van der Waals surface area contributed by atoms with Gasteiger partial charge in [-0.1, -0.05) is 30.3 Å². The molecule has 0 unspecified atom stereocenters. The summed E-state index contributed by atoms with van der Waals surface area (Å²) in [5, 5.41) is 24.4. The van der Waals surface area contributed by atoms with Crippen molar-refractivity contribution in [2.75, 3.05) is 0 Å². The van der Waals surface area contributed by atoms with Gasteiger partial charge in [0.2, 0.25) is 0 Å². The summed E-state index contributed by atoms with van der Waals surface area (Å²) in [6, 6.07) is 9.31. The number of rotatable bonds is 4. The number of aliphatic carboxylic acids is 3. The first-order chi connectivity index (χ1) is 9.32. The van der Waals surface area contributed by atoms with Crippen LogP contribution in [0.3, 0.4) is 0 Å². The van der Waals surface area contributed by atoms with Crippen LogP contribution in [0.25, 0.3) is 6.08 Å². The highest BCUT2D eigenvalue weighted by Crippen LogP contribution is 1.99. The first-order valence-corrected chi connectivity index (χ1v) is 5.43. The third-order valence-corrected chi connectivity index (χ3v) is 1.90. The zero-order valence-corrected chi connectivity index (χ0v) is 10.7. The summed E-state index contributed by atoms with van der Waals surface area (Å²) in [4.78, 5) is 29.8. The summed E-state index contributed by atoms with van der Waals surface area (Å²) in [6.07, 6.45) is 3.32. The number of hydrogen-bond acceptors (Lipinski definition) is 3. The molecule has 0 aliphatic heterocycles. The lowest BCUT2D eigenvalue weighted by Gasteiger charge is -1.87. The maximum absolute atomic E-state index is 10.1. The summed E-state index contributed by atoms with van der Waals surface area (Å²) in [5.74, 6) is -3.37. The smallest absolute Gasteiger partial charge is 0.331 e. The van der Waals surface area contributed by atoms with Crippen LogP contribution in [0.15, 0.2) is 48.1 Å². The summed E-state index contributed by atoms with van der Waals surface area (Å²) in [7, 11) is 0. The normalized spacial score (nSPS) is 10.6. The van der Waals surface area contributed by atoms with Crippen LogP contribution >= 0.6 is 0 Å². The standard InChI is InChI=1S/C9H8O2.C5H6O4/c10-9(11)7-6-8-4-2-1-3-5-8;1-3(5(8)9)2-4(6)7/h1-7H,(H,10,11);2H,1H3,(H,6,7)(H,8,9)/b;3-2-. The molecular formula is C14H14O6. The molecule has 0 heterocycles. The third kappa shape index (κ3) is 9.17. The molecule has 0 spiro atoms. The molecule has 0 amide bonds. The lowest BCUT2D eigenvalue weighted by atomic mass is 10.2. The van der Waals surface area contributed by atoms with Gasteiger partial charge in [-0.15, -0.1) is 0 Å². The monoisotopic (exact) mass is 278 g/mol. The fourth-order valence-electron chi connectivity index (χ4n) is 0.979. The number of carboxylic acid groups (broad SMARTS) is 3. The van der Waals surface area contributed by atoms with Crippen LogP contribution in [-0.2, 0) is 14.4 Å². The van der Waals surface area contributed by atoms with Gasteiger partial charge in [0.05, 0.1) is 0 Å². The lowest BCUT2D eigenvalue weighted by Crippen LogP contribution is -1.99. The first kappa shape index (κ1) is 17.1. The highest BCUT2D eigenvalue weighted by atomic mass is 16.4. The Morgan fingerprint density at radius 2 is 1.50 bits per heavy atom. The molecule has 0 saturated heterocycles. The van der Waals surface area contributed by atoms with Crippen molar-refractivity contribution in [1.29, 1.82) is 0 Å². The second kappa shape index (κ2) is 9.09. The van der Waals surface area contributed by atoms with Crippen LogP contribution in [0.5, 0.6) is 0 Å². The highest BCUT2D eigenvalue weighted by molar-refractivity contribution is 5.94. The largest absolute Gasteiger partial charge is 0.478 e. The van der Waals surface area contributed by atoms with Gasteiger partial charge in [0, 0.05) is 17.7 Å². The van der Waals surface area contributed by atoms with Crippen molar-refractivity contribution >= 4 is 24.0 Å². The van der Waals surface area contributed by atoms with E-state index in [2.05, 4.69) is 0 Å². The van der Waals surface area contributed by atoms with Gasteiger partial charge < -0.3 is 15.3 Å². The first-order valence-electron chi connectivity index (χ1n) is 5.43. The zero-order valence-electron chi connectivity index (χ0n) is 10.7. The molecule has 20 heavy (non-hydrogen) atoms. The number of benzene rings is 1. The van der Waals surface area contributed by atoms with Crippen molar-refractivity contribution in [2.24, 2.45) is 0 Å². The Morgan fingerprint density at radius 1 is 0.950 bits per heavy atom. The second-order valence-electron chi connectivity index (χ2n) is 3.55. The Kier molecular flexibility index (Phi) is 7.78. The summed E-state index contributed by atoms with van der Waals surface area (Å²) in [5.41, 5.74) is 0.720. The maximum atomic E-state index is 10.1. The van der Waals surface area contributed by atoms with Gasteiger partial charge in [-0.3, -0.25) is 0 Å². The molecule has 106 valence electrons. The molecule has 3 N–H and O–H groups in total. The van der Waals surface area contributed by atoms with Crippen LogP contribution < -0.4 is 0 Å². The van der Waals surface area contributed by atoms with Gasteiger partial charge >= 0.3 is 17.9 Å². The van der Waals surface area contributed by atoms with Crippen molar-refractivity contribution in [2.45, 2.75) is 6.92 Å². The lowest BCUT2D eigenvalue weighted by molar-refractivity contribution is -0.135. The zero-order chi connectivity index (χ0) is 15.5. The van der Waals surface area contributed by atoms with Crippen molar-refractivity contribution < 1.29 is 29.7 Å². The molecule has 1 rings (SSSR count). The quantitative estimate of drug-likeness (QED) is 0.725. The third-order valence-electron chi connectivity index (χ3n) is 1.90. The van der Waals surface area contributed by atoms with E-state index in [1.54, 1.807) is 6.08 Å². The Hall–Kier alpha value is -2.89. The van der Waals surface area contributed by atoms with E-state index in [1.807, 2.05) is 30.3 Å². The van der Waals surface area contributed by atoms with Crippen molar-refractivity contribution in [1.82, 2.24) is 0 Å². The Morgan fingerprint density at radius 3 is 1.85 bits per heavy atom. The van der Waals surface area contributed by atoms with E-state index < -0.39 is 17.9 Å². The summed E-state index contributed by atoms with van der Waals surface area (Å²) < 4.78 is 0. The summed E-state index contributed by atoms with van der Waals surface area (Å²) in [6.45, 7) is 1.22. The second-order valence-corrected chi connectivity index (χ2v) is 3.55. The van der Waals surface area contributed by atoms with Gasteiger partial charge in [-0.05, 0) is 18.6 Å². The molecule has 6 nitrogen and oxygen atoms in total. The van der Waals surface area contributed by atoms with Crippen LogP contribution in [0.2, 0.25) is 0 Å². The van der Waals surface area contributed by atoms with E-state index in [4.69, 9.17) is 15.3 Å². The van der Waals surface area contributed by atoms with Gasteiger partial charge in [-0.25, -0.2) is 14.4 Å². The van der Waals surface area contributed by atoms with Crippen molar-refractivity contribution in [3.63, 3.8) is 0 Å². The predicted molar refractivity (Wildman–Crippen MR) is 72.1 cm³/mol. The molecule has 0 fully saturated rings. The van der Waals surface area contributed by atoms with E-state index in [0.717, 1.165) is 11.6 Å². The Bertz CT molecular complexity index is 528. The van der Waals surface area contributed by atoms with Gasteiger partial charge in [0.25, 0.3) is 0 Å². The Balaban J connectivity index is 0.000000370. The molecule has 0 atom stereocenters. The van der Waals surface area contributed by atoms with Crippen molar-refractivity contribution in [3.05, 3.63) is 53.6 Å². The van der Waals surface area contributed by atoms with E-state index in [-0.39, 0.29) is 5.57 Å². The van der Waals surface area contributed by atoms with Crippen LogP contribution in [-0.4, -0.2) is 33.2 Å². The average molecular weight is 278 g/mol. The number of carbonyl (C=O) groups is 3. The SMILES string of the molecule is C/C(=C/C(=O)O)C(=O)O.O=C(O)C=Cc1ccccc1. The number of hydrogen-bond donors (Lipinski definition) is 3. The molecule has 0 aliphatic rings. The highest BCUT2D eigenvalue weighted by Gasteiger charge is 2.00. The minimum Gasteiger partial charge on any atom is -0.478 e. The molecule has 1 aromatic rings. The molecule has 6 heteroatoms. The minimum absolute atomic E-state index is 0.178. The predicted octanol–water partition coefficient (Wildman–Crippen LogP) is 1.89. The minimum atomic E-state index is -1.24. The fraction of sp³-hybridized carbons (Fsp3) is 0.0714. The van der Waals surface area contributed by atoms with Crippen molar-refractivity contribution in [3.8, 4) is 0 Å². The van der Waals surface area contributed by atoms with Gasteiger partial charge in [0.1, 0.15) is 0 Å². The van der Waals surface area contributed by atoms with Gasteiger partial charge in [-0.2, -0.15) is 0 Å². The van der Waals surface area contributed by atoms with E-state index in [9.17, 15) is 14.4 Å². The maximum Gasteiger partial charge on any atom is 0.331 e. The summed E-state index contributed by atoms with van der Waals surface area (Å²) >= 11 is 0. The van der Waals surface area contributed by atoms with Gasteiger partial charge in [0.15, 0.2) is 0 Å². The average Bonchev–Trinajstić information content (AvgIpc) is 2.37. The number of carboxylic acids is 3. The molecule has 0 aliphatic carbocycles. The molecule has 0 radical (unpaired) electrons. The molecule has 0 aromatic heterocycles. The molecule has 0 bridgehead atoms. The topological polar surface area (TPSA) is 112 Å². The van der Waals surface area contributed by atoms with Crippen LogP contribution in [0.4, 0.5) is 0 Å². The van der Waals surface area contributed by atoms with E-state index in [0.29, 0.717) is 6.08 Å². The fourth-order valence-corrected chi connectivity index (χ4v) is 0.979. The van der Waals surface area contributed by atoms with Crippen LogP contribution in [0.1, 0.15) is 12.5 Å². The molecular weight excluding hydrogens is 264 g/mol. The van der Waals surface area contributed by atoms with Crippen LogP contribution in [0, 0.1) is 0 Å². The van der Waals surface area contributed by atoms with E-state index in [1.165, 1.54) is 6.92 Å². The molecule has 1 aromatic carbocycles.